The van der Waals surface area contributed by atoms with Gasteiger partial charge in [-0.05, 0) is 46.0 Å². The number of fused-ring (bicyclic) bond motifs is 1. The monoisotopic (exact) mass is 526 g/mol. The molecule has 1 aliphatic carbocycles. The van der Waals surface area contributed by atoms with E-state index in [9.17, 15) is 4.79 Å². The second-order valence-electron chi connectivity index (χ2n) is 10.0. The molecule has 0 aliphatic heterocycles. The van der Waals surface area contributed by atoms with Crippen molar-refractivity contribution in [2.75, 3.05) is 0 Å². The van der Waals surface area contributed by atoms with E-state index < -0.39 is 0 Å². The highest BCUT2D eigenvalue weighted by molar-refractivity contribution is 6.42. The van der Waals surface area contributed by atoms with Gasteiger partial charge in [-0.2, -0.15) is 0 Å². The van der Waals surface area contributed by atoms with Crippen LogP contribution in [0.25, 0.3) is 33.4 Å². The van der Waals surface area contributed by atoms with E-state index in [2.05, 4.69) is 42.5 Å². The lowest BCUT2D eigenvalue weighted by atomic mass is 9.87. The summed E-state index contributed by atoms with van der Waals surface area (Å²) >= 11 is 0. The number of benzene rings is 6. The van der Waals surface area contributed by atoms with Crippen molar-refractivity contribution in [2.45, 2.75) is 0 Å². The second-order valence-corrected chi connectivity index (χ2v) is 10.0. The molecular weight excluding hydrogens is 500 g/mol. The number of rotatable bonds is 6. The lowest BCUT2D eigenvalue weighted by Crippen LogP contribution is -2.02. The summed E-state index contributed by atoms with van der Waals surface area (Å²) < 4.78 is 6.87. The van der Waals surface area contributed by atoms with Crippen LogP contribution in [0, 0.1) is 0 Å². The van der Waals surface area contributed by atoms with E-state index in [1.54, 1.807) is 0 Å². The standard InChI is InChI=1S/C39H26O2/c40-38-33-26-32(27-16-6-1-7-17-27)34(28-18-8-2-9-19-28)39(41-31-24-14-5-15-25-31)37(33)35(29-20-10-3-11-21-29)36(38)30-22-12-4-13-23-30/h1-26H. The maximum atomic E-state index is 14.5. The van der Waals surface area contributed by atoms with Crippen LogP contribution in [-0.4, -0.2) is 5.78 Å². The molecule has 1 aliphatic rings. The topological polar surface area (TPSA) is 26.3 Å². The zero-order chi connectivity index (χ0) is 27.6. The Kier molecular flexibility index (Phi) is 6.35. The number of hydrogen-bond donors (Lipinski definition) is 0. The molecule has 2 heteroatoms. The van der Waals surface area contributed by atoms with Crippen LogP contribution >= 0.6 is 0 Å². The molecule has 0 N–H and O–H groups in total. The Morgan fingerprint density at radius 3 is 1.37 bits per heavy atom. The average molecular weight is 527 g/mol. The smallest absolute Gasteiger partial charge is 0.195 e. The summed E-state index contributed by atoms with van der Waals surface area (Å²) in [6.07, 6.45) is 0. The van der Waals surface area contributed by atoms with Gasteiger partial charge >= 0.3 is 0 Å². The molecule has 0 bridgehead atoms. The van der Waals surface area contributed by atoms with Gasteiger partial charge in [0, 0.05) is 27.8 Å². The summed E-state index contributed by atoms with van der Waals surface area (Å²) in [4.78, 5) is 14.5. The van der Waals surface area contributed by atoms with Crippen molar-refractivity contribution in [2.24, 2.45) is 0 Å². The van der Waals surface area contributed by atoms with Crippen LogP contribution in [0.2, 0.25) is 0 Å². The van der Waals surface area contributed by atoms with Gasteiger partial charge in [0.15, 0.2) is 5.78 Å². The largest absolute Gasteiger partial charge is 0.456 e. The van der Waals surface area contributed by atoms with E-state index in [1.165, 1.54) is 0 Å². The van der Waals surface area contributed by atoms with Crippen molar-refractivity contribution in [3.8, 4) is 33.8 Å². The lowest BCUT2D eigenvalue weighted by Gasteiger charge is -2.21. The number of ether oxygens (including phenoxy) is 1. The molecule has 6 aromatic carbocycles. The van der Waals surface area contributed by atoms with Crippen molar-refractivity contribution in [3.63, 3.8) is 0 Å². The summed E-state index contributed by atoms with van der Waals surface area (Å²) in [5.41, 5.74) is 8.86. The predicted octanol–water partition coefficient (Wildman–Crippen LogP) is 9.97. The van der Waals surface area contributed by atoms with Crippen molar-refractivity contribution in [1.82, 2.24) is 0 Å². The summed E-state index contributed by atoms with van der Waals surface area (Å²) in [5, 5.41) is 0. The van der Waals surface area contributed by atoms with Crippen LogP contribution in [0.15, 0.2) is 158 Å². The highest BCUT2D eigenvalue weighted by atomic mass is 16.5. The number of para-hydroxylation sites is 1. The predicted molar refractivity (Wildman–Crippen MR) is 167 cm³/mol. The minimum absolute atomic E-state index is 0.000225. The maximum Gasteiger partial charge on any atom is 0.195 e. The molecule has 2 nitrogen and oxygen atoms in total. The van der Waals surface area contributed by atoms with Crippen molar-refractivity contribution >= 4 is 16.9 Å². The number of Topliss-reactive ketones (excluding diaryl/α,β-unsaturated/α-hetero) is 1. The van der Waals surface area contributed by atoms with Crippen LogP contribution in [0.5, 0.6) is 11.5 Å². The van der Waals surface area contributed by atoms with Gasteiger partial charge in [-0.15, -0.1) is 0 Å². The number of carbonyl (C=O) groups excluding carboxylic acids is 1. The zero-order valence-corrected chi connectivity index (χ0v) is 22.3. The van der Waals surface area contributed by atoms with E-state index in [-0.39, 0.29) is 5.78 Å². The van der Waals surface area contributed by atoms with Crippen molar-refractivity contribution in [3.05, 3.63) is 180 Å². The summed E-state index contributed by atoms with van der Waals surface area (Å²) in [6.45, 7) is 0. The Labute approximate surface area is 239 Å². The number of hydrogen-bond acceptors (Lipinski definition) is 2. The molecule has 41 heavy (non-hydrogen) atoms. The highest BCUT2D eigenvalue weighted by Gasteiger charge is 2.37. The van der Waals surface area contributed by atoms with Gasteiger partial charge < -0.3 is 4.74 Å². The van der Waals surface area contributed by atoms with Crippen LogP contribution in [0.1, 0.15) is 27.0 Å². The minimum atomic E-state index is -0.000225. The first-order chi connectivity index (χ1) is 20.3. The quantitative estimate of drug-likeness (QED) is 0.216. The first-order valence-electron chi connectivity index (χ1n) is 13.7. The molecule has 0 heterocycles. The van der Waals surface area contributed by atoms with Crippen LogP contribution in [-0.2, 0) is 0 Å². The number of allylic oxidation sites excluding steroid dienone is 1. The summed E-state index contributed by atoms with van der Waals surface area (Å²) in [5.74, 6) is 1.39. The molecule has 0 saturated carbocycles. The third-order valence-corrected chi connectivity index (χ3v) is 7.49. The second kappa shape index (κ2) is 10.6. The normalized spacial score (nSPS) is 12.3. The number of carbonyl (C=O) groups is 1. The Hall–Kier alpha value is -5.47. The number of ketones is 1. The molecule has 6 aromatic rings. The molecule has 194 valence electrons. The lowest BCUT2D eigenvalue weighted by molar-refractivity contribution is 0.105. The van der Waals surface area contributed by atoms with Crippen LogP contribution < -0.4 is 4.74 Å². The van der Waals surface area contributed by atoms with Gasteiger partial charge in [-0.25, -0.2) is 0 Å². The fraction of sp³-hybridized carbons (Fsp3) is 0. The van der Waals surface area contributed by atoms with Crippen LogP contribution in [0.3, 0.4) is 0 Å². The van der Waals surface area contributed by atoms with E-state index in [4.69, 9.17) is 4.74 Å². The molecule has 0 amide bonds. The molecule has 0 atom stereocenters. The van der Waals surface area contributed by atoms with Crippen molar-refractivity contribution in [1.29, 1.82) is 0 Å². The SMILES string of the molecule is O=C1C(c2ccccc2)=C(c2ccccc2)c2c1cc(-c1ccccc1)c(-c1ccccc1)c2Oc1ccccc1. The fourth-order valence-corrected chi connectivity index (χ4v) is 5.68. The molecule has 0 fully saturated rings. The Bertz CT molecular complexity index is 1870. The van der Waals surface area contributed by atoms with Gasteiger partial charge in [0.1, 0.15) is 11.5 Å². The Balaban J connectivity index is 1.63. The molecule has 0 aromatic heterocycles. The van der Waals surface area contributed by atoms with Gasteiger partial charge in [0.05, 0.1) is 0 Å². The maximum absolute atomic E-state index is 14.5. The average Bonchev–Trinajstić information content (AvgIpc) is 3.35. The molecule has 0 saturated heterocycles. The molecule has 0 unspecified atom stereocenters. The third kappa shape index (κ3) is 4.46. The first kappa shape index (κ1) is 24.6. The van der Waals surface area contributed by atoms with Gasteiger partial charge in [0.2, 0.25) is 0 Å². The molecule has 0 radical (unpaired) electrons. The zero-order valence-electron chi connectivity index (χ0n) is 22.3. The van der Waals surface area contributed by atoms with E-state index in [0.29, 0.717) is 22.6 Å². The minimum Gasteiger partial charge on any atom is -0.456 e. The molecular formula is C39H26O2. The fourth-order valence-electron chi connectivity index (χ4n) is 5.68. The van der Waals surface area contributed by atoms with Crippen LogP contribution in [0.4, 0.5) is 0 Å². The first-order valence-corrected chi connectivity index (χ1v) is 13.7. The Morgan fingerprint density at radius 2 is 0.829 bits per heavy atom. The highest BCUT2D eigenvalue weighted by Crippen LogP contribution is 2.53. The van der Waals surface area contributed by atoms with E-state index in [1.807, 2.05) is 115 Å². The van der Waals surface area contributed by atoms with Crippen molar-refractivity contribution < 1.29 is 9.53 Å². The van der Waals surface area contributed by atoms with Gasteiger partial charge in [-0.1, -0.05) is 140 Å². The molecule has 7 rings (SSSR count). The summed E-state index contributed by atoms with van der Waals surface area (Å²) in [6, 6.07) is 52.5. The van der Waals surface area contributed by atoms with E-state index in [0.717, 1.165) is 44.5 Å². The summed E-state index contributed by atoms with van der Waals surface area (Å²) in [7, 11) is 0. The van der Waals surface area contributed by atoms with Gasteiger partial charge in [-0.3, -0.25) is 4.79 Å². The Morgan fingerprint density at radius 1 is 0.390 bits per heavy atom. The van der Waals surface area contributed by atoms with Gasteiger partial charge in [0.25, 0.3) is 0 Å². The van der Waals surface area contributed by atoms with E-state index >= 15 is 0 Å². The molecule has 0 spiro atoms. The third-order valence-electron chi connectivity index (χ3n) is 7.49.